The number of pyridine rings is 1. The third kappa shape index (κ3) is 4.20. The second-order valence-corrected chi connectivity index (χ2v) is 5.26. The molecule has 110 valence electrons. The number of carboxylic acids is 1. The predicted molar refractivity (Wildman–Crippen MR) is 79.4 cm³/mol. The van der Waals surface area contributed by atoms with Gasteiger partial charge in [0.1, 0.15) is 5.82 Å². The second kappa shape index (κ2) is 7.24. The van der Waals surface area contributed by atoms with Crippen LogP contribution in [0.15, 0.2) is 12.1 Å². The summed E-state index contributed by atoms with van der Waals surface area (Å²) in [4.78, 5) is 18.0. The SMILES string of the molecule is CCCc1cc(C(=O)O)cc(NCCN2CCCC2)n1. The molecule has 0 amide bonds. The molecule has 1 fully saturated rings. The summed E-state index contributed by atoms with van der Waals surface area (Å²) in [5, 5.41) is 12.4. The van der Waals surface area contributed by atoms with E-state index in [1.165, 1.54) is 25.9 Å². The highest BCUT2D eigenvalue weighted by molar-refractivity contribution is 5.88. The molecular formula is C15H23N3O2. The van der Waals surface area contributed by atoms with Gasteiger partial charge in [-0.25, -0.2) is 9.78 Å². The molecule has 5 heteroatoms. The van der Waals surface area contributed by atoms with Crippen molar-refractivity contribution in [3.8, 4) is 0 Å². The van der Waals surface area contributed by atoms with E-state index in [1.807, 2.05) is 0 Å². The molecule has 0 radical (unpaired) electrons. The first-order valence-electron chi connectivity index (χ1n) is 7.39. The number of nitrogens with zero attached hydrogens (tertiary/aromatic N) is 2. The number of carbonyl (C=O) groups is 1. The van der Waals surface area contributed by atoms with Gasteiger partial charge in [0.25, 0.3) is 0 Å². The number of aromatic carboxylic acids is 1. The number of hydrogen-bond donors (Lipinski definition) is 2. The molecule has 0 aromatic carbocycles. The summed E-state index contributed by atoms with van der Waals surface area (Å²) in [5.74, 6) is -0.222. The zero-order valence-corrected chi connectivity index (χ0v) is 12.1. The van der Waals surface area contributed by atoms with Crippen molar-refractivity contribution in [3.05, 3.63) is 23.4 Å². The lowest BCUT2D eigenvalue weighted by Crippen LogP contribution is -2.26. The zero-order chi connectivity index (χ0) is 14.4. The number of nitrogens with one attached hydrogen (secondary N) is 1. The van der Waals surface area contributed by atoms with Gasteiger partial charge in [-0.05, 0) is 44.5 Å². The number of likely N-dealkylation sites (tertiary alicyclic amines) is 1. The minimum absolute atomic E-state index is 0.312. The van der Waals surface area contributed by atoms with Crippen LogP contribution in [-0.2, 0) is 6.42 Å². The Kier molecular flexibility index (Phi) is 5.35. The van der Waals surface area contributed by atoms with Crippen molar-refractivity contribution in [2.75, 3.05) is 31.5 Å². The maximum absolute atomic E-state index is 11.1. The average molecular weight is 277 g/mol. The molecule has 0 unspecified atom stereocenters. The van der Waals surface area contributed by atoms with Gasteiger partial charge in [-0.3, -0.25) is 0 Å². The Hall–Kier alpha value is -1.62. The van der Waals surface area contributed by atoms with E-state index in [0.717, 1.165) is 31.6 Å². The molecule has 2 rings (SSSR count). The normalized spacial score (nSPS) is 15.4. The van der Waals surface area contributed by atoms with E-state index in [4.69, 9.17) is 5.11 Å². The van der Waals surface area contributed by atoms with E-state index in [-0.39, 0.29) is 0 Å². The van der Waals surface area contributed by atoms with E-state index in [1.54, 1.807) is 12.1 Å². The summed E-state index contributed by atoms with van der Waals surface area (Å²) >= 11 is 0. The van der Waals surface area contributed by atoms with E-state index in [9.17, 15) is 4.79 Å². The van der Waals surface area contributed by atoms with Crippen LogP contribution in [0.3, 0.4) is 0 Å². The van der Waals surface area contributed by atoms with E-state index >= 15 is 0 Å². The van der Waals surface area contributed by atoms with Crippen LogP contribution in [0, 0.1) is 0 Å². The largest absolute Gasteiger partial charge is 0.478 e. The first-order chi connectivity index (χ1) is 9.69. The number of anilines is 1. The smallest absolute Gasteiger partial charge is 0.335 e. The maximum Gasteiger partial charge on any atom is 0.335 e. The van der Waals surface area contributed by atoms with Crippen molar-refractivity contribution >= 4 is 11.8 Å². The first kappa shape index (κ1) is 14.8. The van der Waals surface area contributed by atoms with Gasteiger partial charge < -0.3 is 15.3 Å². The van der Waals surface area contributed by atoms with Gasteiger partial charge in [0.2, 0.25) is 0 Å². The molecule has 5 nitrogen and oxygen atoms in total. The van der Waals surface area contributed by atoms with Crippen molar-refractivity contribution < 1.29 is 9.90 Å². The lowest BCUT2D eigenvalue weighted by molar-refractivity contribution is 0.0696. The molecule has 0 saturated carbocycles. The van der Waals surface area contributed by atoms with Gasteiger partial charge in [0.15, 0.2) is 0 Å². The monoisotopic (exact) mass is 277 g/mol. The molecule has 0 atom stereocenters. The average Bonchev–Trinajstić information content (AvgIpc) is 2.92. The quantitative estimate of drug-likeness (QED) is 0.800. The second-order valence-electron chi connectivity index (χ2n) is 5.26. The molecule has 0 bridgehead atoms. The Bertz CT molecular complexity index is 456. The molecule has 0 aliphatic carbocycles. The van der Waals surface area contributed by atoms with Gasteiger partial charge in [0.05, 0.1) is 5.56 Å². The summed E-state index contributed by atoms with van der Waals surface area (Å²) in [6, 6.07) is 3.28. The van der Waals surface area contributed by atoms with Crippen molar-refractivity contribution in [2.45, 2.75) is 32.6 Å². The van der Waals surface area contributed by atoms with Crippen molar-refractivity contribution in [1.29, 1.82) is 0 Å². The third-order valence-corrected chi connectivity index (χ3v) is 3.56. The van der Waals surface area contributed by atoms with Gasteiger partial charge >= 0.3 is 5.97 Å². The fourth-order valence-corrected chi connectivity index (χ4v) is 2.53. The Morgan fingerprint density at radius 3 is 2.80 bits per heavy atom. The Balaban J connectivity index is 1.96. The molecule has 20 heavy (non-hydrogen) atoms. The summed E-state index contributed by atoms with van der Waals surface area (Å²) in [7, 11) is 0. The molecule has 1 aromatic rings. The summed E-state index contributed by atoms with van der Waals surface area (Å²) < 4.78 is 0. The van der Waals surface area contributed by atoms with Crippen LogP contribution < -0.4 is 5.32 Å². The van der Waals surface area contributed by atoms with Crippen LogP contribution in [0.5, 0.6) is 0 Å². The predicted octanol–water partition coefficient (Wildman–Crippen LogP) is 2.24. The van der Waals surface area contributed by atoms with Gasteiger partial charge in [0, 0.05) is 18.8 Å². The van der Waals surface area contributed by atoms with E-state index in [0.29, 0.717) is 11.4 Å². The Morgan fingerprint density at radius 1 is 1.40 bits per heavy atom. The van der Waals surface area contributed by atoms with Crippen LogP contribution in [-0.4, -0.2) is 47.1 Å². The van der Waals surface area contributed by atoms with Crippen LogP contribution in [0.4, 0.5) is 5.82 Å². The number of aromatic nitrogens is 1. The topological polar surface area (TPSA) is 65.5 Å². The summed E-state index contributed by atoms with van der Waals surface area (Å²) in [5.41, 5.74) is 1.16. The molecule has 1 aliphatic heterocycles. The molecule has 1 saturated heterocycles. The Morgan fingerprint density at radius 2 is 2.15 bits per heavy atom. The fourth-order valence-electron chi connectivity index (χ4n) is 2.53. The molecule has 2 heterocycles. The molecular weight excluding hydrogens is 254 g/mol. The van der Waals surface area contributed by atoms with Crippen LogP contribution in [0.2, 0.25) is 0 Å². The zero-order valence-electron chi connectivity index (χ0n) is 12.1. The highest BCUT2D eigenvalue weighted by Crippen LogP contribution is 2.13. The van der Waals surface area contributed by atoms with Crippen LogP contribution in [0.1, 0.15) is 42.2 Å². The third-order valence-electron chi connectivity index (χ3n) is 3.56. The number of aryl methyl sites for hydroxylation is 1. The highest BCUT2D eigenvalue weighted by atomic mass is 16.4. The molecule has 1 aromatic heterocycles. The van der Waals surface area contributed by atoms with Crippen LogP contribution in [0.25, 0.3) is 0 Å². The number of rotatable bonds is 7. The highest BCUT2D eigenvalue weighted by Gasteiger charge is 2.11. The molecule has 0 spiro atoms. The van der Waals surface area contributed by atoms with E-state index < -0.39 is 5.97 Å². The molecule has 2 N–H and O–H groups in total. The summed E-state index contributed by atoms with van der Waals surface area (Å²) in [6.07, 6.45) is 4.34. The van der Waals surface area contributed by atoms with Crippen molar-refractivity contribution in [2.24, 2.45) is 0 Å². The lowest BCUT2D eigenvalue weighted by atomic mass is 10.1. The first-order valence-corrected chi connectivity index (χ1v) is 7.39. The van der Waals surface area contributed by atoms with E-state index in [2.05, 4.69) is 22.1 Å². The number of carboxylic acid groups (broad SMARTS) is 1. The lowest BCUT2D eigenvalue weighted by Gasteiger charge is -2.15. The standard InChI is InChI=1S/C15H23N3O2/c1-2-5-13-10-12(15(19)20)11-14(17-13)16-6-9-18-7-3-4-8-18/h10-11H,2-9H2,1H3,(H,16,17)(H,19,20). The molecule has 1 aliphatic rings. The number of hydrogen-bond acceptors (Lipinski definition) is 4. The van der Waals surface area contributed by atoms with Crippen LogP contribution >= 0.6 is 0 Å². The van der Waals surface area contributed by atoms with Gasteiger partial charge in [-0.15, -0.1) is 0 Å². The maximum atomic E-state index is 11.1. The van der Waals surface area contributed by atoms with Gasteiger partial charge in [-0.1, -0.05) is 13.3 Å². The Labute approximate surface area is 120 Å². The fraction of sp³-hybridized carbons (Fsp3) is 0.600. The minimum atomic E-state index is -0.896. The van der Waals surface area contributed by atoms with Crippen molar-refractivity contribution in [1.82, 2.24) is 9.88 Å². The summed E-state index contributed by atoms with van der Waals surface area (Å²) in [6.45, 7) is 6.20. The van der Waals surface area contributed by atoms with Crippen molar-refractivity contribution in [3.63, 3.8) is 0 Å². The minimum Gasteiger partial charge on any atom is -0.478 e. The van der Waals surface area contributed by atoms with Gasteiger partial charge in [-0.2, -0.15) is 0 Å².